The number of rotatable bonds is 2. The highest BCUT2D eigenvalue weighted by molar-refractivity contribution is 5.92. The Morgan fingerprint density at radius 1 is 1.18 bits per heavy atom. The molecule has 0 saturated heterocycles. The number of hydrogen-bond donors (Lipinski definition) is 1. The van der Waals surface area contributed by atoms with Gasteiger partial charge in [0.1, 0.15) is 0 Å². The van der Waals surface area contributed by atoms with Gasteiger partial charge < -0.3 is 5.11 Å². The summed E-state index contributed by atoms with van der Waals surface area (Å²) in [5, 5.41) is 9.09. The van der Waals surface area contributed by atoms with Crippen molar-refractivity contribution in [1.82, 2.24) is 4.98 Å². The second-order valence-electron chi connectivity index (χ2n) is 3.97. The summed E-state index contributed by atoms with van der Waals surface area (Å²) in [7, 11) is 0. The molecule has 0 aliphatic rings. The number of aryl methyl sites for hydroxylation is 1. The van der Waals surface area contributed by atoms with Crippen molar-refractivity contribution in [1.29, 1.82) is 0 Å². The summed E-state index contributed by atoms with van der Waals surface area (Å²) in [6, 6.07) is 7.22. The van der Waals surface area contributed by atoms with Gasteiger partial charge in [-0.1, -0.05) is 12.1 Å². The molecule has 0 aliphatic carbocycles. The van der Waals surface area contributed by atoms with Crippen molar-refractivity contribution in [3.63, 3.8) is 0 Å². The predicted molar refractivity (Wildman–Crippen MR) is 66.1 cm³/mol. The van der Waals surface area contributed by atoms with Crippen LogP contribution in [0.15, 0.2) is 36.7 Å². The first kappa shape index (κ1) is 11.3. The van der Waals surface area contributed by atoms with Crippen molar-refractivity contribution in [2.45, 2.75) is 13.8 Å². The average molecular weight is 227 g/mol. The lowest BCUT2D eigenvalue weighted by Gasteiger charge is -2.10. The summed E-state index contributed by atoms with van der Waals surface area (Å²) in [4.78, 5) is 15.2. The van der Waals surface area contributed by atoms with Crippen LogP contribution in [0.5, 0.6) is 0 Å². The smallest absolute Gasteiger partial charge is 0.335 e. The predicted octanol–water partition coefficient (Wildman–Crippen LogP) is 3.06. The molecule has 0 amide bonds. The number of carboxylic acids is 1. The fourth-order valence-corrected chi connectivity index (χ4v) is 1.91. The Kier molecular flexibility index (Phi) is 2.91. The number of hydrogen-bond acceptors (Lipinski definition) is 2. The first-order chi connectivity index (χ1) is 8.11. The first-order valence-electron chi connectivity index (χ1n) is 5.35. The average Bonchev–Trinajstić information content (AvgIpc) is 2.30. The molecule has 86 valence electrons. The second-order valence-corrected chi connectivity index (χ2v) is 3.97. The fraction of sp³-hybridized carbons (Fsp3) is 0.143. The molecular formula is C14H13NO2. The van der Waals surface area contributed by atoms with E-state index in [-0.39, 0.29) is 0 Å². The summed E-state index contributed by atoms with van der Waals surface area (Å²) >= 11 is 0. The van der Waals surface area contributed by atoms with Gasteiger partial charge in [-0.05, 0) is 42.7 Å². The third-order valence-electron chi connectivity index (χ3n) is 2.89. The quantitative estimate of drug-likeness (QED) is 0.857. The molecule has 3 nitrogen and oxygen atoms in total. The van der Waals surface area contributed by atoms with Crippen LogP contribution in [-0.4, -0.2) is 16.1 Å². The summed E-state index contributed by atoms with van der Waals surface area (Å²) in [5.74, 6) is -0.897. The van der Waals surface area contributed by atoms with Crippen LogP contribution in [-0.2, 0) is 0 Å². The van der Waals surface area contributed by atoms with E-state index in [9.17, 15) is 4.79 Å². The fourth-order valence-electron chi connectivity index (χ4n) is 1.91. The van der Waals surface area contributed by atoms with E-state index in [1.165, 1.54) is 0 Å². The van der Waals surface area contributed by atoms with Crippen LogP contribution < -0.4 is 0 Å². The standard InChI is InChI=1S/C14H13NO2/c1-9-6-7-15-8-13(9)11-4-3-5-12(10(11)2)14(16)17/h3-8H,1-2H3,(H,16,17). The molecule has 3 heteroatoms. The minimum absolute atomic E-state index is 0.339. The van der Waals surface area contributed by atoms with E-state index in [0.29, 0.717) is 5.56 Å². The highest BCUT2D eigenvalue weighted by Crippen LogP contribution is 2.27. The van der Waals surface area contributed by atoms with Gasteiger partial charge in [-0.3, -0.25) is 4.98 Å². The zero-order valence-electron chi connectivity index (χ0n) is 9.77. The summed E-state index contributed by atoms with van der Waals surface area (Å²) in [5.41, 5.74) is 4.11. The van der Waals surface area contributed by atoms with E-state index in [1.54, 1.807) is 24.5 Å². The van der Waals surface area contributed by atoms with Gasteiger partial charge in [-0.25, -0.2) is 4.79 Å². The molecule has 0 aliphatic heterocycles. The van der Waals surface area contributed by atoms with Gasteiger partial charge in [0.25, 0.3) is 0 Å². The second kappa shape index (κ2) is 4.37. The molecular weight excluding hydrogens is 214 g/mol. The molecule has 0 unspecified atom stereocenters. The van der Waals surface area contributed by atoms with Crippen LogP contribution in [0.25, 0.3) is 11.1 Å². The largest absolute Gasteiger partial charge is 0.478 e. The van der Waals surface area contributed by atoms with Gasteiger partial charge in [0.05, 0.1) is 5.56 Å². The third-order valence-corrected chi connectivity index (χ3v) is 2.89. The summed E-state index contributed by atoms with van der Waals surface area (Å²) in [6.07, 6.45) is 3.50. The molecule has 2 aromatic rings. The van der Waals surface area contributed by atoms with Gasteiger partial charge in [-0.15, -0.1) is 0 Å². The van der Waals surface area contributed by atoms with Gasteiger partial charge in [0.2, 0.25) is 0 Å². The lowest BCUT2D eigenvalue weighted by atomic mass is 9.95. The van der Waals surface area contributed by atoms with Crippen LogP contribution in [0.1, 0.15) is 21.5 Å². The highest BCUT2D eigenvalue weighted by Gasteiger charge is 2.12. The Labute approximate surface area is 99.8 Å². The lowest BCUT2D eigenvalue weighted by Crippen LogP contribution is -2.01. The molecule has 17 heavy (non-hydrogen) atoms. The van der Waals surface area contributed by atoms with E-state index in [0.717, 1.165) is 22.3 Å². The Bertz CT molecular complexity index is 576. The number of benzene rings is 1. The summed E-state index contributed by atoms with van der Waals surface area (Å²) in [6.45, 7) is 3.81. The molecule has 0 saturated carbocycles. The first-order valence-corrected chi connectivity index (χ1v) is 5.35. The van der Waals surface area contributed by atoms with Gasteiger partial charge in [0, 0.05) is 18.0 Å². The Morgan fingerprint density at radius 3 is 2.59 bits per heavy atom. The topological polar surface area (TPSA) is 50.2 Å². The monoisotopic (exact) mass is 227 g/mol. The maximum Gasteiger partial charge on any atom is 0.335 e. The van der Waals surface area contributed by atoms with Crippen LogP contribution in [0.2, 0.25) is 0 Å². The van der Waals surface area contributed by atoms with Crippen molar-refractivity contribution in [2.75, 3.05) is 0 Å². The molecule has 0 spiro atoms. The number of carboxylic acid groups (broad SMARTS) is 1. The molecule has 0 bridgehead atoms. The summed E-state index contributed by atoms with van der Waals surface area (Å²) < 4.78 is 0. The third kappa shape index (κ3) is 2.04. The number of aromatic nitrogens is 1. The van der Waals surface area contributed by atoms with E-state index in [1.807, 2.05) is 26.0 Å². The van der Waals surface area contributed by atoms with E-state index in [2.05, 4.69) is 4.98 Å². The normalized spacial score (nSPS) is 10.2. The van der Waals surface area contributed by atoms with E-state index < -0.39 is 5.97 Å². The van der Waals surface area contributed by atoms with Crippen molar-refractivity contribution in [3.8, 4) is 11.1 Å². The minimum atomic E-state index is -0.897. The van der Waals surface area contributed by atoms with Gasteiger partial charge in [-0.2, -0.15) is 0 Å². The Morgan fingerprint density at radius 2 is 1.94 bits per heavy atom. The zero-order chi connectivity index (χ0) is 12.4. The number of aromatic carboxylic acids is 1. The number of pyridine rings is 1. The van der Waals surface area contributed by atoms with Crippen molar-refractivity contribution < 1.29 is 9.90 Å². The zero-order valence-corrected chi connectivity index (χ0v) is 9.77. The number of nitrogens with zero attached hydrogens (tertiary/aromatic N) is 1. The van der Waals surface area contributed by atoms with Gasteiger partial charge >= 0.3 is 5.97 Å². The molecule has 0 atom stereocenters. The Balaban J connectivity index is 2.65. The highest BCUT2D eigenvalue weighted by atomic mass is 16.4. The van der Waals surface area contributed by atoms with E-state index in [4.69, 9.17) is 5.11 Å². The molecule has 2 rings (SSSR count). The molecule has 1 aromatic heterocycles. The lowest BCUT2D eigenvalue weighted by molar-refractivity contribution is 0.0696. The van der Waals surface area contributed by atoms with Crippen LogP contribution in [0.4, 0.5) is 0 Å². The van der Waals surface area contributed by atoms with Crippen molar-refractivity contribution in [3.05, 3.63) is 53.3 Å². The van der Waals surface area contributed by atoms with Crippen LogP contribution >= 0.6 is 0 Å². The van der Waals surface area contributed by atoms with Crippen LogP contribution in [0.3, 0.4) is 0 Å². The van der Waals surface area contributed by atoms with E-state index >= 15 is 0 Å². The molecule has 0 radical (unpaired) electrons. The maximum atomic E-state index is 11.1. The molecule has 1 heterocycles. The molecule has 1 N–H and O–H groups in total. The molecule has 0 fully saturated rings. The van der Waals surface area contributed by atoms with Crippen molar-refractivity contribution in [2.24, 2.45) is 0 Å². The molecule has 1 aromatic carbocycles. The van der Waals surface area contributed by atoms with Crippen molar-refractivity contribution >= 4 is 5.97 Å². The minimum Gasteiger partial charge on any atom is -0.478 e. The maximum absolute atomic E-state index is 11.1. The van der Waals surface area contributed by atoms with Gasteiger partial charge in [0.15, 0.2) is 0 Å². The Hall–Kier alpha value is -2.16. The van der Waals surface area contributed by atoms with Crippen LogP contribution in [0, 0.1) is 13.8 Å². The SMILES string of the molecule is Cc1ccncc1-c1cccc(C(=O)O)c1C. The number of carbonyl (C=O) groups is 1.